The van der Waals surface area contributed by atoms with Crippen molar-refractivity contribution in [2.45, 2.75) is 32.7 Å². The highest BCUT2D eigenvalue weighted by molar-refractivity contribution is 5.90. The number of aromatic nitrogens is 2. The minimum atomic E-state index is -0.913. The Bertz CT molecular complexity index is 691. The van der Waals surface area contributed by atoms with Crippen LogP contribution in [0.3, 0.4) is 0 Å². The number of ether oxygens (including phenoxy) is 1. The molecule has 3 rings (SSSR count). The van der Waals surface area contributed by atoms with Gasteiger partial charge in [0.15, 0.2) is 0 Å². The van der Waals surface area contributed by atoms with Gasteiger partial charge in [-0.3, -0.25) is 4.68 Å². The highest BCUT2D eigenvalue weighted by atomic mass is 16.5. The van der Waals surface area contributed by atoms with Gasteiger partial charge >= 0.3 is 5.97 Å². The second-order valence-corrected chi connectivity index (χ2v) is 5.40. The number of rotatable bonds is 3. The summed E-state index contributed by atoms with van der Waals surface area (Å²) in [5.74, 6) is 0.312. The molecule has 0 spiro atoms. The number of aryl methyl sites for hydroxylation is 1. The number of carboxylic acid groups (broad SMARTS) is 1. The van der Waals surface area contributed by atoms with Crippen LogP contribution in [-0.2, 0) is 6.54 Å². The van der Waals surface area contributed by atoms with E-state index in [9.17, 15) is 9.90 Å². The number of nitrogens with zero attached hydrogens (tertiary/aromatic N) is 2. The van der Waals surface area contributed by atoms with Crippen LogP contribution in [0.25, 0.3) is 0 Å². The molecule has 1 atom stereocenters. The van der Waals surface area contributed by atoms with Crippen molar-refractivity contribution in [3.63, 3.8) is 0 Å². The van der Waals surface area contributed by atoms with Gasteiger partial charge < -0.3 is 9.84 Å². The van der Waals surface area contributed by atoms with Gasteiger partial charge in [0.25, 0.3) is 0 Å². The van der Waals surface area contributed by atoms with Crippen molar-refractivity contribution in [3.8, 4) is 5.75 Å². The van der Waals surface area contributed by atoms with Crippen LogP contribution in [0.5, 0.6) is 5.75 Å². The van der Waals surface area contributed by atoms with E-state index < -0.39 is 5.97 Å². The lowest BCUT2D eigenvalue weighted by Crippen LogP contribution is -2.19. The minimum absolute atomic E-state index is 0.301. The fraction of sp³-hybridized carbons (Fsp3) is 0.375. The molecule has 21 heavy (non-hydrogen) atoms. The van der Waals surface area contributed by atoms with E-state index in [-0.39, 0.29) is 0 Å². The number of fused-ring (bicyclic) bond motifs is 1. The molecule has 0 radical (unpaired) electrons. The van der Waals surface area contributed by atoms with E-state index in [0.29, 0.717) is 36.0 Å². The van der Waals surface area contributed by atoms with Crippen LogP contribution in [0.15, 0.2) is 24.3 Å². The second-order valence-electron chi connectivity index (χ2n) is 5.40. The van der Waals surface area contributed by atoms with Gasteiger partial charge in [-0.1, -0.05) is 18.2 Å². The van der Waals surface area contributed by atoms with E-state index in [2.05, 4.69) is 11.2 Å². The van der Waals surface area contributed by atoms with Crippen LogP contribution in [-0.4, -0.2) is 27.5 Å². The van der Waals surface area contributed by atoms with Crippen molar-refractivity contribution in [1.82, 2.24) is 9.78 Å². The van der Waals surface area contributed by atoms with Crippen LogP contribution in [0.4, 0.5) is 0 Å². The molecule has 0 bridgehead atoms. The third-order valence-electron chi connectivity index (χ3n) is 4.07. The van der Waals surface area contributed by atoms with Gasteiger partial charge in [-0.15, -0.1) is 0 Å². The number of para-hydroxylation sites is 1. The smallest absolute Gasteiger partial charge is 0.339 e. The summed E-state index contributed by atoms with van der Waals surface area (Å²) in [6.45, 7) is 4.92. The summed E-state index contributed by atoms with van der Waals surface area (Å²) in [5.41, 5.74) is 2.77. The lowest BCUT2D eigenvalue weighted by atomic mass is 9.93. The highest BCUT2D eigenvalue weighted by Gasteiger charge is 2.24. The summed E-state index contributed by atoms with van der Waals surface area (Å²) in [7, 11) is 0. The maximum Gasteiger partial charge on any atom is 0.339 e. The van der Waals surface area contributed by atoms with Gasteiger partial charge in [0.1, 0.15) is 11.3 Å². The monoisotopic (exact) mass is 286 g/mol. The average Bonchev–Trinajstić information content (AvgIpc) is 2.74. The first-order valence-corrected chi connectivity index (χ1v) is 7.07. The van der Waals surface area contributed by atoms with Crippen LogP contribution in [0, 0.1) is 13.8 Å². The van der Waals surface area contributed by atoms with Crippen LogP contribution >= 0.6 is 0 Å². The van der Waals surface area contributed by atoms with Gasteiger partial charge in [-0.25, -0.2) is 4.79 Å². The number of aromatic carboxylic acids is 1. The Morgan fingerprint density at radius 3 is 2.90 bits per heavy atom. The van der Waals surface area contributed by atoms with E-state index in [1.165, 1.54) is 5.56 Å². The Labute approximate surface area is 123 Å². The zero-order valence-corrected chi connectivity index (χ0v) is 12.2. The van der Waals surface area contributed by atoms with E-state index in [1.54, 1.807) is 6.92 Å². The second kappa shape index (κ2) is 5.24. The van der Waals surface area contributed by atoms with Crippen molar-refractivity contribution >= 4 is 5.97 Å². The number of carbonyl (C=O) groups is 1. The maximum absolute atomic E-state index is 11.3. The topological polar surface area (TPSA) is 64.4 Å². The molecule has 110 valence electrons. The predicted molar refractivity (Wildman–Crippen MR) is 78.0 cm³/mol. The molecule has 1 aliphatic rings. The number of carboxylic acids is 1. The Kier molecular flexibility index (Phi) is 3.41. The van der Waals surface area contributed by atoms with Gasteiger partial charge in [0.05, 0.1) is 18.0 Å². The zero-order valence-electron chi connectivity index (χ0n) is 12.2. The number of hydrogen-bond donors (Lipinski definition) is 1. The SMILES string of the molecule is Cc1nn(CC2CCOc3ccccc32)c(C)c1C(=O)O. The molecule has 0 aliphatic carbocycles. The van der Waals surface area contributed by atoms with Crippen molar-refractivity contribution in [2.24, 2.45) is 0 Å². The molecule has 1 N–H and O–H groups in total. The molecule has 1 aliphatic heterocycles. The summed E-state index contributed by atoms with van der Waals surface area (Å²) < 4.78 is 7.48. The molecule has 1 unspecified atom stereocenters. The highest BCUT2D eigenvalue weighted by Crippen LogP contribution is 2.34. The largest absolute Gasteiger partial charge is 0.493 e. The molecule has 0 fully saturated rings. The fourth-order valence-electron chi connectivity index (χ4n) is 3.00. The predicted octanol–water partition coefficient (Wildman–Crippen LogP) is 2.76. The minimum Gasteiger partial charge on any atom is -0.493 e. The summed E-state index contributed by atoms with van der Waals surface area (Å²) in [6.07, 6.45) is 0.914. The molecule has 2 heterocycles. The number of hydrogen-bond acceptors (Lipinski definition) is 3. The first kappa shape index (κ1) is 13.7. The van der Waals surface area contributed by atoms with Crippen molar-refractivity contribution in [3.05, 3.63) is 46.8 Å². The van der Waals surface area contributed by atoms with Crippen molar-refractivity contribution in [1.29, 1.82) is 0 Å². The van der Waals surface area contributed by atoms with Gasteiger partial charge in [0, 0.05) is 12.5 Å². The molecule has 5 nitrogen and oxygen atoms in total. The molecule has 1 aromatic heterocycles. The Morgan fingerprint density at radius 2 is 2.19 bits per heavy atom. The van der Waals surface area contributed by atoms with E-state index in [1.807, 2.05) is 29.8 Å². The van der Waals surface area contributed by atoms with Crippen LogP contribution < -0.4 is 4.74 Å². The first-order chi connectivity index (χ1) is 10.1. The maximum atomic E-state index is 11.3. The third-order valence-corrected chi connectivity index (χ3v) is 4.07. The standard InChI is InChI=1S/C16H18N2O3/c1-10-15(16(19)20)11(2)18(17-10)9-12-7-8-21-14-6-4-3-5-13(12)14/h3-6,12H,7-9H2,1-2H3,(H,19,20). The molecule has 2 aromatic rings. The molecule has 0 amide bonds. The van der Waals surface area contributed by atoms with E-state index in [0.717, 1.165) is 12.2 Å². The molecule has 1 aromatic carbocycles. The number of benzene rings is 1. The van der Waals surface area contributed by atoms with Crippen molar-refractivity contribution in [2.75, 3.05) is 6.61 Å². The normalized spacial score (nSPS) is 17.1. The zero-order chi connectivity index (χ0) is 15.0. The first-order valence-electron chi connectivity index (χ1n) is 7.07. The summed E-state index contributed by atoms with van der Waals surface area (Å²) in [4.78, 5) is 11.3. The van der Waals surface area contributed by atoms with E-state index in [4.69, 9.17) is 4.74 Å². The molecule has 0 saturated carbocycles. The Morgan fingerprint density at radius 1 is 1.43 bits per heavy atom. The van der Waals surface area contributed by atoms with E-state index >= 15 is 0 Å². The summed E-state index contributed by atoms with van der Waals surface area (Å²) >= 11 is 0. The average molecular weight is 286 g/mol. The summed E-state index contributed by atoms with van der Waals surface area (Å²) in [6, 6.07) is 8.02. The molecule has 5 heteroatoms. The fourth-order valence-corrected chi connectivity index (χ4v) is 3.00. The quantitative estimate of drug-likeness (QED) is 0.942. The Hall–Kier alpha value is -2.30. The summed E-state index contributed by atoms with van der Waals surface area (Å²) in [5, 5.41) is 13.6. The third kappa shape index (κ3) is 2.39. The van der Waals surface area contributed by atoms with Gasteiger partial charge in [0.2, 0.25) is 0 Å². The van der Waals surface area contributed by atoms with Crippen LogP contribution in [0.1, 0.15) is 39.6 Å². The van der Waals surface area contributed by atoms with Gasteiger partial charge in [-0.2, -0.15) is 5.10 Å². The Balaban J connectivity index is 1.92. The molecule has 0 saturated heterocycles. The molecular weight excluding hydrogens is 268 g/mol. The lowest BCUT2D eigenvalue weighted by Gasteiger charge is -2.26. The van der Waals surface area contributed by atoms with Crippen LogP contribution in [0.2, 0.25) is 0 Å². The molecular formula is C16H18N2O3. The van der Waals surface area contributed by atoms with Gasteiger partial charge in [-0.05, 0) is 31.9 Å². The lowest BCUT2D eigenvalue weighted by molar-refractivity contribution is 0.0695. The van der Waals surface area contributed by atoms with Crippen molar-refractivity contribution < 1.29 is 14.6 Å².